The Hall–Kier alpha value is -0.870. The summed E-state index contributed by atoms with van der Waals surface area (Å²) in [6, 6.07) is 2.70. The van der Waals surface area contributed by atoms with E-state index in [1.807, 2.05) is 18.0 Å². The van der Waals surface area contributed by atoms with Gasteiger partial charge in [-0.3, -0.25) is 4.79 Å². The third-order valence-corrected chi connectivity index (χ3v) is 5.13. The molecular weight excluding hydrogens is 244 g/mol. The van der Waals surface area contributed by atoms with E-state index in [9.17, 15) is 4.79 Å². The van der Waals surface area contributed by atoms with Gasteiger partial charge in [-0.25, -0.2) is 0 Å². The molecule has 2 rings (SSSR count). The number of amides is 1. The summed E-state index contributed by atoms with van der Waals surface area (Å²) in [5.41, 5.74) is 7.12. The Morgan fingerprint density at radius 3 is 2.44 bits per heavy atom. The fraction of sp³-hybridized carbons (Fsp3) is 0.643. The minimum atomic E-state index is 0.164. The number of nitrogens with two attached hydrogens (primary N) is 1. The molecule has 0 saturated heterocycles. The van der Waals surface area contributed by atoms with Crippen LogP contribution in [0.5, 0.6) is 0 Å². The molecule has 4 heteroatoms. The summed E-state index contributed by atoms with van der Waals surface area (Å²) in [6.07, 6.45) is 4.13. The fourth-order valence-corrected chi connectivity index (χ4v) is 3.52. The number of rotatable bonds is 2. The Balaban J connectivity index is 2.04. The molecule has 0 aliphatic heterocycles. The fourth-order valence-electron chi connectivity index (χ4n) is 2.51. The zero-order valence-corrected chi connectivity index (χ0v) is 12.2. The lowest BCUT2D eigenvalue weighted by Gasteiger charge is -2.33. The van der Waals surface area contributed by atoms with Gasteiger partial charge in [0, 0.05) is 24.0 Å². The first-order valence-corrected chi connectivity index (χ1v) is 7.40. The van der Waals surface area contributed by atoms with Crippen molar-refractivity contribution in [3.05, 3.63) is 21.4 Å². The quantitative estimate of drug-likeness (QED) is 0.894. The molecule has 2 N–H and O–H groups in total. The SMILES string of the molecule is Cc1cc(C(=O)N(C)C2CCC(N)CC2)sc1C. The van der Waals surface area contributed by atoms with E-state index in [-0.39, 0.29) is 5.91 Å². The van der Waals surface area contributed by atoms with Crippen molar-refractivity contribution in [1.29, 1.82) is 0 Å². The van der Waals surface area contributed by atoms with Gasteiger partial charge in [-0.1, -0.05) is 0 Å². The van der Waals surface area contributed by atoms with Gasteiger partial charge in [-0.2, -0.15) is 0 Å². The van der Waals surface area contributed by atoms with E-state index in [4.69, 9.17) is 5.73 Å². The lowest BCUT2D eigenvalue weighted by molar-refractivity contribution is 0.0695. The Kier molecular flexibility index (Phi) is 4.07. The summed E-state index contributed by atoms with van der Waals surface area (Å²) >= 11 is 1.60. The monoisotopic (exact) mass is 266 g/mol. The van der Waals surface area contributed by atoms with Gasteiger partial charge in [0.25, 0.3) is 5.91 Å². The van der Waals surface area contributed by atoms with Crippen molar-refractivity contribution in [3.8, 4) is 0 Å². The van der Waals surface area contributed by atoms with E-state index < -0.39 is 0 Å². The standard InChI is InChI=1S/C14H22N2OS/c1-9-8-13(18-10(9)2)14(17)16(3)12-6-4-11(15)5-7-12/h8,11-12H,4-7,15H2,1-3H3. The minimum absolute atomic E-state index is 0.164. The number of carbonyl (C=O) groups excluding carboxylic acids is 1. The zero-order chi connectivity index (χ0) is 13.3. The summed E-state index contributed by atoms with van der Waals surface area (Å²) in [5.74, 6) is 0.164. The summed E-state index contributed by atoms with van der Waals surface area (Å²) in [4.78, 5) is 16.4. The van der Waals surface area contributed by atoms with Crippen LogP contribution in [0.3, 0.4) is 0 Å². The Morgan fingerprint density at radius 1 is 1.33 bits per heavy atom. The Morgan fingerprint density at radius 2 is 1.94 bits per heavy atom. The summed E-state index contributed by atoms with van der Waals surface area (Å²) in [5, 5.41) is 0. The number of thiophene rings is 1. The second-order valence-electron chi connectivity index (χ2n) is 5.33. The minimum Gasteiger partial charge on any atom is -0.338 e. The predicted octanol–water partition coefficient (Wildman–Crippen LogP) is 2.71. The van der Waals surface area contributed by atoms with Gasteiger partial charge in [-0.05, 0) is 51.2 Å². The van der Waals surface area contributed by atoms with Crippen molar-refractivity contribution >= 4 is 17.2 Å². The van der Waals surface area contributed by atoms with Crippen molar-refractivity contribution < 1.29 is 4.79 Å². The molecule has 1 aliphatic carbocycles. The molecule has 1 fully saturated rings. The third-order valence-electron chi connectivity index (χ3n) is 3.99. The summed E-state index contributed by atoms with van der Waals surface area (Å²) in [7, 11) is 1.92. The van der Waals surface area contributed by atoms with Crippen LogP contribution in [0.2, 0.25) is 0 Å². The molecule has 100 valence electrons. The number of aryl methyl sites for hydroxylation is 2. The van der Waals surface area contributed by atoms with E-state index in [0.717, 1.165) is 30.6 Å². The smallest absolute Gasteiger partial charge is 0.263 e. The van der Waals surface area contributed by atoms with E-state index in [0.29, 0.717) is 12.1 Å². The maximum Gasteiger partial charge on any atom is 0.263 e. The molecule has 3 nitrogen and oxygen atoms in total. The van der Waals surface area contributed by atoms with Crippen LogP contribution >= 0.6 is 11.3 Å². The highest BCUT2D eigenvalue weighted by molar-refractivity contribution is 7.14. The topological polar surface area (TPSA) is 46.3 Å². The molecule has 1 amide bonds. The molecular formula is C14H22N2OS. The highest BCUT2D eigenvalue weighted by Crippen LogP contribution is 2.26. The Labute approximate surface area is 113 Å². The first kappa shape index (κ1) is 13.6. The molecule has 1 aromatic rings. The molecule has 1 aliphatic rings. The van der Waals surface area contributed by atoms with Gasteiger partial charge in [0.1, 0.15) is 0 Å². The molecule has 0 atom stereocenters. The van der Waals surface area contributed by atoms with E-state index in [2.05, 4.69) is 13.8 Å². The van der Waals surface area contributed by atoms with Crippen LogP contribution in [0.15, 0.2) is 6.07 Å². The van der Waals surface area contributed by atoms with Crippen LogP contribution in [-0.4, -0.2) is 29.9 Å². The van der Waals surface area contributed by atoms with Gasteiger partial charge < -0.3 is 10.6 Å². The maximum absolute atomic E-state index is 12.4. The molecule has 18 heavy (non-hydrogen) atoms. The first-order chi connectivity index (χ1) is 8.49. The average molecular weight is 266 g/mol. The maximum atomic E-state index is 12.4. The third kappa shape index (κ3) is 2.75. The molecule has 0 bridgehead atoms. The van der Waals surface area contributed by atoms with Gasteiger partial charge >= 0.3 is 0 Å². The van der Waals surface area contributed by atoms with Crippen molar-refractivity contribution in [1.82, 2.24) is 4.90 Å². The van der Waals surface area contributed by atoms with Gasteiger partial charge in [0.05, 0.1) is 4.88 Å². The van der Waals surface area contributed by atoms with Gasteiger partial charge in [0.2, 0.25) is 0 Å². The summed E-state index contributed by atoms with van der Waals surface area (Å²) < 4.78 is 0. The first-order valence-electron chi connectivity index (χ1n) is 6.59. The van der Waals surface area contributed by atoms with Crippen LogP contribution in [0.1, 0.15) is 45.8 Å². The second-order valence-corrected chi connectivity index (χ2v) is 6.59. The van der Waals surface area contributed by atoms with Crippen LogP contribution in [0, 0.1) is 13.8 Å². The highest BCUT2D eigenvalue weighted by Gasteiger charge is 2.26. The van der Waals surface area contributed by atoms with E-state index in [1.165, 1.54) is 10.4 Å². The zero-order valence-electron chi connectivity index (χ0n) is 11.4. The van der Waals surface area contributed by atoms with Crippen molar-refractivity contribution in [2.45, 2.75) is 51.6 Å². The lowest BCUT2D eigenvalue weighted by atomic mass is 9.91. The largest absolute Gasteiger partial charge is 0.338 e. The average Bonchev–Trinajstić information content (AvgIpc) is 2.69. The van der Waals surface area contributed by atoms with E-state index >= 15 is 0 Å². The van der Waals surface area contributed by atoms with E-state index in [1.54, 1.807) is 11.3 Å². The lowest BCUT2D eigenvalue weighted by Crippen LogP contribution is -2.41. The number of carbonyl (C=O) groups is 1. The molecule has 1 saturated carbocycles. The van der Waals surface area contributed by atoms with Crippen molar-refractivity contribution in [3.63, 3.8) is 0 Å². The van der Waals surface area contributed by atoms with Crippen LogP contribution in [0.25, 0.3) is 0 Å². The molecule has 1 heterocycles. The molecule has 0 radical (unpaired) electrons. The van der Waals surface area contributed by atoms with Crippen molar-refractivity contribution in [2.75, 3.05) is 7.05 Å². The second kappa shape index (κ2) is 5.41. The normalized spacial score (nSPS) is 24.0. The molecule has 0 spiro atoms. The van der Waals surface area contributed by atoms with Crippen molar-refractivity contribution in [2.24, 2.45) is 5.73 Å². The van der Waals surface area contributed by atoms with Crippen LogP contribution < -0.4 is 5.73 Å². The van der Waals surface area contributed by atoms with Gasteiger partial charge in [-0.15, -0.1) is 11.3 Å². The molecule has 1 aromatic heterocycles. The van der Waals surface area contributed by atoms with Gasteiger partial charge in [0.15, 0.2) is 0 Å². The number of hydrogen-bond donors (Lipinski definition) is 1. The highest BCUT2D eigenvalue weighted by atomic mass is 32.1. The predicted molar refractivity (Wildman–Crippen MR) is 76.1 cm³/mol. The number of nitrogens with zero attached hydrogens (tertiary/aromatic N) is 1. The Bertz CT molecular complexity index is 414. The van der Waals surface area contributed by atoms with Crippen LogP contribution in [0.4, 0.5) is 0 Å². The summed E-state index contributed by atoms with van der Waals surface area (Å²) in [6.45, 7) is 4.12. The number of hydrogen-bond acceptors (Lipinski definition) is 3. The molecule has 0 unspecified atom stereocenters. The van der Waals surface area contributed by atoms with Crippen LogP contribution in [-0.2, 0) is 0 Å². The molecule has 0 aromatic carbocycles.